The molecule has 0 saturated carbocycles. The van der Waals surface area contributed by atoms with E-state index in [9.17, 15) is 9.59 Å². The molecule has 0 amide bonds. The SMILES string of the molecule is CC(C)(CC=CCC(C)(C)C(=O)O)C(=O)O. The third-order valence-electron chi connectivity index (χ3n) is 2.58. The van der Waals surface area contributed by atoms with Crippen LogP contribution in [0.1, 0.15) is 40.5 Å². The van der Waals surface area contributed by atoms with Crippen molar-refractivity contribution >= 4 is 11.9 Å². The Morgan fingerprint density at radius 3 is 1.31 bits per heavy atom. The number of hydrogen-bond donors (Lipinski definition) is 2. The number of rotatable bonds is 6. The van der Waals surface area contributed by atoms with Gasteiger partial charge >= 0.3 is 11.9 Å². The molecule has 16 heavy (non-hydrogen) atoms. The van der Waals surface area contributed by atoms with Crippen LogP contribution in [0.2, 0.25) is 0 Å². The zero-order valence-corrected chi connectivity index (χ0v) is 10.3. The number of hydrogen-bond acceptors (Lipinski definition) is 2. The summed E-state index contributed by atoms with van der Waals surface area (Å²) >= 11 is 0. The molecule has 0 atom stereocenters. The summed E-state index contributed by atoms with van der Waals surface area (Å²) in [7, 11) is 0. The summed E-state index contributed by atoms with van der Waals surface area (Å²) in [6.45, 7) is 6.56. The van der Waals surface area contributed by atoms with Gasteiger partial charge in [-0.15, -0.1) is 0 Å². The molecule has 0 aliphatic rings. The minimum Gasteiger partial charge on any atom is -0.481 e. The van der Waals surface area contributed by atoms with E-state index in [0.717, 1.165) is 0 Å². The molecular formula is C12H20O4. The zero-order valence-electron chi connectivity index (χ0n) is 10.3. The van der Waals surface area contributed by atoms with Crippen LogP contribution in [0.4, 0.5) is 0 Å². The molecule has 0 saturated heterocycles. The Morgan fingerprint density at radius 2 is 1.12 bits per heavy atom. The summed E-state index contributed by atoms with van der Waals surface area (Å²) in [5.74, 6) is -1.70. The third kappa shape index (κ3) is 4.47. The molecule has 92 valence electrons. The van der Waals surface area contributed by atoms with Gasteiger partial charge in [0.1, 0.15) is 0 Å². The van der Waals surface area contributed by atoms with E-state index in [4.69, 9.17) is 10.2 Å². The summed E-state index contributed by atoms with van der Waals surface area (Å²) in [5.41, 5.74) is -1.60. The van der Waals surface area contributed by atoms with Crippen LogP contribution in [0.5, 0.6) is 0 Å². The minimum atomic E-state index is -0.852. The first kappa shape index (κ1) is 14.7. The monoisotopic (exact) mass is 228 g/mol. The molecule has 0 aromatic rings. The molecule has 0 aliphatic heterocycles. The molecule has 2 N–H and O–H groups in total. The van der Waals surface area contributed by atoms with E-state index in [-0.39, 0.29) is 0 Å². The van der Waals surface area contributed by atoms with Crippen LogP contribution in [0, 0.1) is 10.8 Å². The second-order valence-electron chi connectivity index (χ2n) is 5.26. The largest absolute Gasteiger partial charge is 0.481 e. The molecule has 0 unspecified atom stereocenters. The lowest BCUT2D eigenvalue weighted by Gasteiger charge is -2.18. The quantitative estimate of drug-likeness (QED) is 0.685. The topological polar surface area (TPSA) is 74.6 Å². The average Bonchev–Trinajstić information content (AvgIpc) is 2.12. The van der Waals surface area contributed by atoms with Crippen LogP contribution in [0.3, 0.4) is 0 Å². The lowest BCUT2D eigenvalue weighted by atomic mass is 9.87. The predicted octanol–water partition coefficient (Wildman–Crippen LogP) is 2.54. The van der Waals surface area contributed by atoms with Crippen molar-refractivity contribution in [2.24, 2.45) is 10.8 Å². The Bertz CT molecular complexity index is 270. The second-order valence-corrected chi connectivity index (χ2v) is 5.26. The fourth-order valence-corrected chi connectivity index (χ4v) is 0.931. The first-order valence-corrected chi connectivity index (χ1v) is 5.21. The van der Waals surface area contributed by atoms with Crippen molar-refractivity contribution in [2.45, 2.75) is 40.5 Å². The molecule has 0 bridgehead atoms. The highest BCUT2D eigenvalue weighted by molar-refractivity contribution is 5.74. The van der Waals surface area contributed by atoms with E-state index in [1.165, 1.54) is 0 Å². The Morgan fingerprint density at radius 1 is 0.875 bits per heavy atom. The summed E-state index contributed by atoms with van der Waals surface area (Å²) < 4.78 is 0. The molecule has 0 aliphatic carbocycles. The van der Waals surface area contributed by atoms with Gasteiger partial charge in [-0.3, -0.25) is 9.59 Å². The van der Waals surface area contributed by atoms with Crippen molar-refractivity contribution in [1.82, 2.24) is 0 Å². The maximum Gasteiger partial charge on any atom is 0.309 e. The number of carboxylic acid groups (broad SMARTS) is 2. The Hall–Kier alpha value is -1.32. The zero-order chi connectivity index (χ0) is 13.0. The van der Waals surface area contributed by atoms with Crippen LogP contribution in [0.15, 0.2) is 12.2 Å². The molecule has 0 aromatic carbocycles. The Balaban J connectivity index is 4.25. The van der Waals surface area contributed by atoms with E-state index in [0.29, 0.717) is 12.8 Å². The van der Waals surface area contributed by atoms with Crippen molar-refractivity contribution in [3.8, 4) is 0 Å². The first-order chi connectivity index (χ1) is 7.09. The van der Waals surface area contributed by atoms with Crippen LogP contribution in [-0.4, -0.2) is 22.2 Å². The van der Waals surface area contributed by atoms with Gasteiger partial charge in [0.2, 0.25) is 0 Å². The molecule has 0 heterocycles. The van der Waals surface area contributed by atoms with Gasteiger partial charge in [0.05, 0.1) is 10.8 Å². The predicted molar refractivity (Wildman–Crippen MR) is 61.2 cm³/mol. The second kappa shape index (κ2) is 5.14. The molecule has 0 aromatic heterocycles. The van der Waals surface area contributed by atoms with Gasteiger partial charge in [0, 0.05) is 0 Å². The normalized spacial score (nSPS) is 13.0. The Labute approximate surface area is 96.0 Å². The van der Waals surface area contributed by atoms with Crippen LogP contribution in [-0.2, 0) is 9.59 Å². The highest BCUT2D eigenvalue weighted by Crippen LogP contribution is 2.24. The van der Waals surface area contributed by atoms with E-state index in [2.05, 4.69) is 0 Å². The summed E-state index contributed by atoms with van der Waals surface area (Å²) in [5, 5.41) is 17.7. The van der Waals surface area contributed by atoms with Crippen molar-refractivity contribution in [3.05, 3.63) is 12.2 Å². The van der Waals surface area contributed by atoms with Gasteiger partial charge in [-0.1, -0.05) is 12.2 Å². The summed E-state index contributed by atoms with van der Waals surface area (Å²) in [4.78, 5) is 21.6. The maximum absolute atomic E-state index is 10.8. The van der Waals surface area contributed by atoms with Crippen LogP contribution >= 0.6 is 0 Å². The molecular weight excluding hydrogens is 208 g/mol. The number of aliphatic carboxylic acids is 2. The van der Waals surface area contributed by atoms with E-state index < -0.39 is 22.8 Å². The van der Waals surface area contributed by atoms with Crippen molar-refractivity contribution < 1.29 is 19.8 Å². The molecule has 0 spiro atoms. The van der Waals surface area contributed by atoms with Gasteiger partial charge in [-0.2, -0.15) is 0 Å². The van der Waals surface area contributed by atoms with Gasteiger partial charge in [-0.05, 0) is 40.5 Å². The standard InChI is InChI=1S/C12H20O4/c1-11(2,9(13)14)7-5-6-8-12(3,4)10(15)16/h5-6H,7-8H2,1-4H3,(H,13,14)(H,15,16). The molecule has 4 nitrogen and oxygen atoms in total. The van der Waals surface area contributed by atoms with Gasteiger partial charge in [0.25, 0.3) is 0 Å². The number of carboxylic acids is 2. The summed E-state index contributed by atoms with van der Waals surface area (Å²) in [6.07, 6.45) is 4.27. The van der Waals surface area contributed by atoms with Gasteiger partial charge < -0.3 is 10.2 Å². The van der Waals surface area contributed by atoms with Gasteiger partial charge in [0.15, 0.2) is 0 Å². The molecule has 0 radical (unpaired) electrons. The van der Waals surface area contributed by atoms with E-state index in [1.807, 2.05) is 0 Å². The molecule has 0 rings (SSSR count). The summed E-state index contributed by atoms with van der Waals surface area (Å²) in [6, 6.07) is 0. The van der Waals surface area contributed by atoms with Crippen LogP contribution in [0.25, 0.3) is 0 Å². The van der Waals surface area contributed by atoms with Crippen LogP contribution < -0.4 is 0 Å². The van der Waals surface area contributed by atoms with Gasteiger partial charge in [-0.25, -0.2) is 0 Å². The minimum absolute atomic E-state index is 0.401. The molecule has 4 heteroatoms. The van der Waals surface area contributed by atoms with Crippen molar-refractivity contribution in [2.75, 3.05) is 0 Å². The average molecular weight is 228 g/mol. The first-order valence-electron chi connectivity index (χ1n) is 5.21. The van der Waals surface area contributed by atoms with E-state index in [1.54, 1.807) is 39.8 Å². The maximum atomic E-state index is 10.8. The lowest BCUT2D eigenvalue weighted by molar-refractivity contribution is -0.147. The number of allylic oxidation sites excluding steroid dienone is 2. The Kier molecular flexibility index (Phi) is 4.72. The highest BCUT2D eigenvalue weighted by atomic mass is 16.4. The fourth-order valence-electron chi connectivity index (χ4n) is 0.931. The third-order valence-corrected chi connectivity index (χ3v) is 2.58. The lowest BCUT2D eigenvalue weighted by Crippen LogP contribution is -2.23. The van der Waals surface area contributed by atoms with Crippen molar-refractivity contribution in [1.29, 1.82) is 0 Å². The number of carbonyl (C=O) groups is 2. The molecule has 0 fully saturated rings. The van der Waals surface area contributed by atoms with Crippen molar-refractivity contribution in [3.63, 3.8) is 0 Å². The fraction of sp³-hybridized carbons (Fsp3) is 0.667. The van der Waals surface area contributed by atoms with E-state index >= 15 is 0 Å². The smallest absolute Gasteiger partial charge is 0.309 e. The highest BCUT2D eigenvalue weighted by Gasteiger charge is 2.27.